The summed E-state index contributed by atoms with van der Waals surface area (Å²) < 4.78 is 18.7. The maximum absolute atomic E-state index is 13.6. The van der Waals surface area contributed by atoms with Crippen LogP contribution in [0.2, 0.25) is 0 Å². The Morgan fingerprint density at radius 1 is 1.48 bits per heavy atom. The fourth-order valence-corrected chi connectivity index (χ4v) is 2.73. The number of rotatable bonds is 5. The summed E-state index contributed by atoms with van der Waals surface area (Å²) in [7, 11) is 0. The molecule has 0 bridgehead atoms. The van der Waals surface area contributed by atoms with Gasteiger partial charge in [0, 0.05) is 18.1 Å². The molecule has 1 aromatic heterocycles. The second kappa shape index (κ2) is 6.12. The summed E-state index contributed by atoms with van der Waals surface area (Å²) >= 11 is 0. The average Bonchev–Trinajstić information content (AvgIpc) is 2.50. The molecule has 0 aliphatic heterocycles. The van der Waals surface area contributed by atoms with Gasteiger partial charge in [-0.2, -0.15) is 0 Å². The zero-order valence-corrected chi connectivity index (χ0v) is 12.9. The predicted molar refractivity (Wildman–Crippen MR) is 84.9 cm³/mol. The molecule has 3 rings (SSSR count). The van der Waals surface area contributed by atoms with Crippen molar-refractivity contribution in [2.75, 3.05) is 18.5 Å². The van der Waals surface area contributed by atoms with Crippen molar-refractivity contribution in [3.05, 3.63) is 35.8 Å². The molecule has 0 saturated heterocycles. The maximum Gasteiger partial charge on any atom is 0.341 e. The van der Waals surface area contributed by atoms with E-state index >= 15 is 0 Å². The second-order valence-electron chi connectivity index (χ2n) is 5.86. The van der Waals surface area contributed by atoms with E-state index in [2.05, 4.69) is 10.3 Å². The molecule has 0 atom stereocenters. The van der Waals surface area contributed by atoms with Crippen LogP contribution >= 0.6 is 0 Å². The number of nitrogens with zero attached hydrogens (tertiary/aromatic N) is 1. The van der Waals surface area contributed by atoms with Crippen molar-refractivity contribution in [1.82, 2.24) is 4.98 Å². The Labute approximate surface area is 133 Å². The molecule has 0 radical (unpaired) electrons. The highest BCUT2D eigenvalue weighted by molar-refractivity contribution is 6.04. The van der Waals surface area contributed by atoms with Crippen LogP contribution in [0.25, 0.3) is 10.9 Å². The first-order chi connectivity index (χ1) is 11.0. The Balaban J connectivity index is 2.02. The number of esters is 1. The molecular formula is C17H19FN2O3. The van der Waals surface area contributed by atoms with Gasteiger partial charge in [-0.25, -0.2) is 9.18 Å². The van der Waals surface area contributed by atoms with Gasteiger partial charge in [-0.05, 0) is 44.4 Å². The Morgan fingerprint density at radius 3 is 2.91 bits per heavy atom. The minimum Gasteiger partial charge on any atom is -0.462 e. The highest BCUT2D eigenvalue weighted by Gasteiger charge is 2.34. The number of carbonyl (C=O) groups excluding carboxylic acids is 1. The molecule has 1 aliphatic carbocycles. The zero-order chi connectivity index (χ0) is 16.4. The Hall–Kier alpha value is -2.21. The van der Waals surface area contributed by atoms with E-state index in [0.717, 1.165) is 6.42 Å². The third-order valence-electron chi connectivity index (χ3n) is 4.20. The third kappa shape index (κ3) is 3.12. The van der Waals surface area contributed by atoms with E-state index in [4.69, 9.17) is 4.74 Å². The number of pyridine rings is 1. The number of benzene rings is 1. The quantitative estimate of drug-likeness (QED) is 0.830. The van der Waals surface area contributed by atoms with Gasteiger partial charge in [0.15, 0.2) is 0 Å². The molecule has 6 heteroatoms. The van der Waals surface area contributed by atoms with Crippen molar-refractivity contribution < 1.29 is 19.0 Å². The van der Waals surface area contributed by atoms with Crippen LogP contribution in [0.4, 0.5) is 10.1 Å². The molecule has 122 valence electrons. The summed E-state index contributed by atoms with van der Waals surface area (Å²) in [6, 6.07) is 4.21. The lowest BCUT2D eigenvalue weighted by atomic mass is 9.80. The van der Waals surface area contributed by atoms with E-state index in [9.17, 15) is 14.3 Å². The number of aliphatic hydroxyl groups is 1. The van der Waals surface area contributed by atoms with Crippen LogP contribution < -0.4 is 5.32 Å². The standard InChI is InChI=1S/C17H19FN2O3/c1-2-23-16(21)13-9-19-14-5-4-11(18)8-12(14)15(13)20-10-17(22)6-3-7-17/h4-5,8-9,22H,2-3,6-7,10H2,1H3,(H,19,20). The number of fused-ring (bicyclic) bond motifs is 1. The lowest BCUT2D eigenvalue weighted by Crippen LogP contribution is -2.43. The molecule has 2 aromatic rings. The van der Waals surface area contributed by atoms with Crippen molar-refractivity contribution in [2.24, 2.45) is 0 Å². The molecular weight excluding hydrogens is 299 g/mol. The highest BCUT2D eigenvalue weighted by Crippen LogP contribution is 2.33. The van der Waals surface area contributed by atoms with Gasteiger partial charge in [-0.1, -0.05) is 0 Å². The summed E-state index contributed by atoms with van der Waals surface area (Å²) in [5.41, 5.74) is 0.498. The summed E-state index contributed by atoms with van der Waals surface area (Å²) in [6.07, 6.45) is 3.83. The zero-order valence-electron chi connectivity index (χ0n) is 12.9. The largest absolute Gasteiger partial charge is 0.462 e. The summed E-state index contributed by atoms with van der Waals surface area (Å²) in [6.45, 7) is 2.26. The molecule has 1 fully saturated rings. The molecule has 1 heterocycles. The fourth-order valence-electron chi connectivity index (χ4n) is 2.73. The highest BCUT2D eigenvalue weighted by atomic mass is 19.1. The molecule has 0 amide bonds. The first-order valence-corrected chi connectivity index (χ1v) is 7.74. The van der Waals surface area contributed by atoms with Gasteiger partial charge >= 0.3 is 5.97 Å². The summed E-state index contributed by atoms with van der Waals surface area (Å²) in [5.74, 6) is -0.931. The van der Waals surface area contributed by atoms with Crippen LogP contribution in [-0.4, -0.2) is 34.8 Å². The molecule has 23 heavy (non-hydrogen) atoms. The molecule has 2 N–H and O–H groups in total. The number of nitrogens with one attached hydrogen (secondary N) is 1. The average molecular weight is 318 g/mol. The second-order valence-corrected chi connectivity index (χ2v) is 5.86. The van der Waals surface area contributed by atoms with Crippen LogP contribution in [0.15, 0.2) is 24.4 Å². The van der Waals surface area contributed by atoms with Crippen molar-refractivity contribution in [3.8, 4) is 0 Å². The van der Waals surface area contributed by atoms with E-state index in [0.29, 0.717) is 36.0 Å². The number of anilines is 1. The van der Waals surface area contributed by atoms with Crippen molar-refractivity contribution in [2.45, 2.75) is 31.8 Å². The van der Waals surface area contributed by atoms with E-state index < -0.39 is 17.4 Å². The van der Waals surface area contributed by atoms with Crippen LogP contribution in [0.5, 0.6) is 0 Å². The van der Waals surface area contributed by atoms with Crippen LogP contribution in [-0.2, 0) is 4.74 Å². The molecule has 1 aliphatic rings. The van der Waals surface area contributed by atoms with Gasteiger partial charge in [0.1, 0.15) is 11.4 Å². The van der Waals surface area contributed by atoms with Gasteiger partial charge in [-0.15, -0.1) is 0 Å². The third-order valence-corrected chi connectivity index (χ3v) is 4.20. The van der Waals surface area contributed by atoms with Gasteiger partial charge in [0.25, 0.3) is 0 Å². The molecule has 0 unspecified atom stereocenters. The number of ether oxygens (including phenoxy) is 1. The molecule has 0 spiro atoms. The van der Waals surface area contributed by atoms with Crippen LogP contribution in [0, 0.1) is 5.82 Å². The minimum atomic E-state index is -0.769. The minimum absolute atomic E-state index is 0.239. The molecule has 5 nitrogen and oxygen atoms in total. The van der Waals surface area contributed by atoms with Crippen molar-refractivity contribution in [1.29, 1.82) is 0 Å². The Morgan fingerprint density at radius 2 is 2.26 bits per heavy atom. The summed E-state index contributed by atoms with van der Waals surface area (Å²) in [4.78, 5) is 16.3. The first-order valence-electron chi connectivity index (χ1n) is 7.74. The lowest BCUT2D eigenvalue weighted by Gasteiger charge is -2.37. The maximum atomic E-state index is 13.6. The molecule has 1 saturated carbocycles. The Bertz CT molecular complexity index is 744. The van der Waals surface area contributed by atoms with Gasteiger partial charge in [0.2, 0.25) is 0 Å². The van der Waals surface area contributed by atoms with Crippen molar-refractivity contribution in [3.63, 3.8) is 0 Å². The first kappa shape index (κ1) is 15.7. The monoisotopic (exact) mass is 318 g/mol. The predicted octanol–water partition coefficient (Wildman–Crippen LogP) is 2.88. The number of hydrogen-bond acceptors (Lipinski definition) is 5. The number of hydrogen-bond donors (Lipinski definition) is 2. The normalized spacial score (nSPS) is 16.0. The van der Waals surface area contributed by atoms with Crippen LogP contribution in [0.3, 0.4) is 0 Å². The van der Waals surface area contributed by atoms with Gasteiger partial charge in [-0.3, -0.25) is 4.98 Å². The van der Waals surface area contributed by atoms with Crippen LogP contribution in [0.1, 0.15) is 36.5 Å². The smallest absolute Gasteiger partial charge is 0.341 e. The van der Waals surface area contributed by atoms with E-state index in [1.807, 2.05) is 0 Å². The van der Waals surface area contributed by atoms with E-state index in [1.165, 1.54) is 18.3 Å². The summed E-state index contributed by atoms with van der Waals surface area (Å²) in [5, 5.41) is 13.9. The van der Waals surface area contributed by atoms with E-state index in [-0.39, 0.29) is 12.2 Å². The van der Waals surface area contributed by atoms with Gasteiger partial charge < -0.3 is 15.2 Å². The molecule has 1 aromatic carbocycles. The van der Waals surface area contributed by atoms with Gasteiger partial charge in [0.05, 0.1) is 23.4 Å². The van der Waals surface area contributed by atoms with E-state index in [1.54, 1.807) is 13.0 Å². The number of carbonyl (C=O) groups is 1. The number of halogens is 1. The lowest BCUT2D eigenvalue weighted by molar-refractivity contribution is -0.0202. The number of aromatic nitrogens is 1. The van der Waals surface area contributed by atoms with Crippen molar-refractivity contribution >= 4 is 22.6 Å². The SMILES string of the molecule is CCOC(=O)c1cnc2ccc(F)cc2c1NCC1(O)CCC1. The topological polar surface area (TPSA) is 71.5 Å². The fraction of sp³-hybridized carbons (Fsp3) is 0.412. The Kier molecular flexibility index (Phi) is 4.17.